The summed E-state index contributed by atoms with van der Waals surface area (Å²) in [5.41, 5.74) is 9.91. The minimum Gasteiger partial charge on any atom is -0.398 e. The van der Waals surface area contributed by atoms with Crippen LogP contribution in [0.5, 0.6) is 0 Å². The number of fused-ring (bicyclic) bond motifs is 1. The maximum atomic E-state index is 6.26. The molecule has 0 saturated carbocycles. The molecule has 2 aromatic carbocycles. The first kappa shape index (κ1) is 16.8. The summed E-state index contributed by atoms with van der Waals surface area (Å²) in [6.07, 6.45) is 2.37. The third-order valence-corrected chi connectivity index (χ3v) is 5.11. The van der Waals surface area contributed by atoms with Gasteiger partial charge in [0.1, 0.15) is 5.69 Å². The Labute approximate surface area is 154 Å². The smallest absolute Gasteiger partial charge is 0.156 e. The average Bonchev–Trinajstić information content (AvgIpc) is 2.63. The molecule has 0 amide bonds. The molecule has 1 aliphatic heterocycles. The van der Waals surface area contributed by atoms with Crippen molar-refractivity contribution >= 4 is 22.3 Å². The predicted molar refractivity (Wildman–Crippen MR) is 108 cm³/mol. The van der Waals surface area contributed by atoms with Crippen LogP contribution in [0, 0.1) is 6.92 Å². The van der Waals surface area contributed by atoms with Crippen LogP contribution in [0.15, 0.2) is 42.5 Å². The summed E-state index contributed by atoms with van der Waals surface area (Å²) < 4.78 is 0. The van der Waals surface area contributed by atoms with Crippen molar-refractivity contribution < 1.29 is 0 Å². The summed E-state index contributed by atoms with van der Waals surface area (Å²) in [6.45, 7) is 4.23. The molecule has 5 nitrogen and oxygen atoms in total. The van der Waals surface area contributed by atoms with E-state index >= 15 is 0 Å². The van der Waals surface area contributed by atoms with Crippen LogP contribution in [-0.2, 0) is 0 Å². The number of nitrogens with zero attached hydrogens (tertiary/aromatic N) is 3. The highest BCUT2D eigenvalue weighted by molar-refractivity contribution is 6.01. The van der Waals surface area contributed by atoms with Gasteiger partial charge in [-0.05, 0) is 45.0 Å². The fourth-order valence-electron chi connectivity index (χ4n) is 3.78. The molecule has 1 unspecified atom stereocenters. The van der Waals surface area contributed by atoms with Crippen molar-refractivity contribution in [3.8, 4) is 11.3 Å². The minimum absolute atomic E-state index is 0.404. The number of likely N-dealkylation sites (tertiary alicyclic amines) is 1. The quantitative estimate of drug-likeness (QED) is 0.707. The number of aryl methyl sites for hydroxylation is 1. The van der Waals surface area contributed by atoms with Gasteiger partial charge in [0.05, 0.1) is 0 Å². The lowest BCUT2D eigenvalue weighted by atomic mass is 10.0. The molecule has 0 spiro atoms. The van der Waals surface area contributed by atoms with Gasteiger partial charge < -0.3 is 16.0 Å². The number of piperidine rings is 1. The van der Waals surface area contributed by atoms with Crippen LogP contribution in [0.4, 0.5) is 11.5 Å². The summed E-state index contributed by atoms with van der Waals surface area (Å²) >= 11 is 0. The molecule has 3 N–H and O–H groups in total. The van der Waals surface area contributed by atoms with Crippen LogP contribution in [0.1, 0.15) is 18.4 Å². The maximum Gasteiger partial charge on any atom is 0.156 e. The number of hydrogen-bond acceptors (Lipinski definition) is 5. The summed E-state index contributed by atoms with van der Waals surface area (Å²) in [6, 6.07) is 14.8. The molecule has 3 aromatic rings. The zero-order valence-corrected chi connectivity index (χ0v) is 15.4. The predicted octanol–water partition coefficient (Wildman–Crippen LogP) is 3.69. The lowest BCUT2D eigenvalue weighted by molar-refractivity contribution is 0.261. The van der Waals surface area contributed by atoms with E-state index in [2.05, 4.69) is 45.7 Å². The maximum absolute atomic E-state index is 6.26. The standard InChI is InChI=1S/C21H25N5/c1-14-9-10-18(19(22)12-14)20-16-7-3-4-8-17(16)21(25-24-20)23-15-6-5-11-26(2)13-15/h3-4,7-10,12,15H,5-6,11,13,22H2,1-2H3,(H,23,25). The van der Waals surface area contributed by atoms with E-state index in [1.54, 1.807) is 0 Å². The molecule has 0 bridgehead atoms. The second-order valence-electron chi connectivity index (χ2n) is 7.28. The summed E-state index contributed by atoms with van der Waals surface area (Å²) in [4.78, 5) is 2.36. The number of nitrogens with one attached hydrogen (secondary N) is 1. The van der Waals surface area contributed by atoms with E-state index in [0.717, 1.165) is 58.6 Å². The van der Waals surface area contributed by atoms with Gasteiger partial charge in [-0.15, -0.1) is 10.2 Å². The molecule has 1 saturated heterocycles. The van der Waals surface area contributed by atoms with E-state index in [1.807, 2.05) is 31.2 Å². The Hall–Kier alpha value is -2.66. The first-order chi connectivity index (χ1) is 12.6. The molecule has 1 aliphatic rings. The summed E-state index contributed by atoms with van der Waals surface area (Å²) in [5, 5.41) is 14.8. The van der Waals surface area contributed by atoms with E-state index in [0.29, 0.717) is 6.04 Å². The number of rotatable bonds is 3. The Morgan fingerprint density at radius 1 is 1.12 bits per heavy atom. The Bertz CT molecular complexity index is 937. The van der Waals surface area contributed by atoms with Crippen LogP contribution < -0.4 is 11.1 Å². The van der Waals surface area contributed by atoms with Crippen LogP contribution in [0.3, 0.4) is 0 Å². The van der Waals surface area contributed by atoms with Crippen molar-refractivity contribution in [3.05, 3.63) is 48.0 Å². The van der Waals surface area contributed by atoms with Gasteiger partial charge in [0.2, 0.25) is 0 Å². The van der Waals surface area contributed by atoms with E-state index in [1.165, 1.54) is 6.42 Å². The molecule has 134 valence electrons. The number of anilines is 2. The number of nitrogen functional groups attached to an aromatic ring is 1. The number of likely N-dealkylation sites (N-methyl/N-ethyl adjacent to an activating group) is 1. The van der Waals surface area contributed by atoms with Gasteiger partial charge >= 0.3 is 0 Å². The van der Waals surface area contributed by atoms with E-state index in [4.69, 9.17) is 5.73 Å². The molecule has 5 heteroatoms. The van der Waals surface area contributed by atoms with E-state index in [-0.39, 0.29) is 0 Å². The molecule has 1 aromatic heterocycles. The SMILES string of the molecule is Cc1ccc(-c2nnc(NC3CCCN(C)C3)c3ccccc23)c(N)c1. The molecular formula is C21H25N5. The highest BCUT2D eigenvalue weighted by atomic mass is 15.2. The van der Waals surface area contributed by atoms with Crippen molar-refractivity contribution in [2.45, 2.75) is 25.8 Å². The summed E-state index contributed by atoms with van der Waals surface area (Å²) in [5.74, 6) is 0.857. The number of nitrogens with two attached hydrogens (primary N) is 1. The lowest BCUT2D eigenvalue weighted by Crippen LogP contribution is -2.40. The largest absolute Gasteiger partial charge is 0.398 e. The normalized spacial score (nSPS) is 18.2. The molecule has 0 radical (unpaired) electrons. The van der Waals surface area contributed by atoms with Gasteiger partial charge in [0, 0.05) is 34.6 Å². The third-order valence-electron chi connectivity index (χ3n) is 5.11. The highest BCUT2D eigenvalue weighted by Crippen LogP contribution is 2.33. The van der Waals surface area contributed by atoms with Gasteiger partial charge in [-0.3, -0.25) is 0 Å². The van der Waals surface area contributed by atoms with Gasteiger partial charge in [-0.2, -0.15) is 0 Å². The van der Waals surface area contributed by atoms with Gasteiger partial charge in [-0.25, -0.2) is 0 Å². The molecular weight excluding hydrogens is 322 g/mol. The van der Waals surface area contributed by atoms with Crippen molar-refractivity contribution in [3.63, 3.8) is 0 Å². The zero-order valence-electron chi connectivity index (χ0n) is 15.4. The lowest BCUT2D eigenvalue weighted by Gasteiger charge is -2.30. The first-order valence-electron chi connectivity index (χ1n) is 9.19. The molecule has 1 atom stereocenters. The first-order valence-corrected chi connectivity index (χ1v) is 9.19. The van der Waals surface area contributed by atoms with Gasteiger partial charge in [-0.1, -0.05) is 36.4 Å². The van der Waals surface area contributed by atoms with Crippen LogP contribution in [0.25, 0.3) is 22.0 Å². The number of aromatic nitrogens is 2. The topological polar surface area (TPSA) is 67.1 Å². The number of benzene rings is 2. The zero-order chi connectivity index (χ0) is 18.1. The molecule has 0 aliphatic carbocycles. The third kappa shape index (κ3) is 3.22. The molecule has 1 fully saturated rings. The van der Waals surface area contributed by atoms with Crippen LogP contribution in [0.2, 0.25) is 0 Å². The average molecular weight is 347 g/mol. The highest BCUT2D eigenvalue weighted by Gasteiger charge is 2.19. The Balaban J connectivity index is 1.76. The monoisotopic (exact) mass is 347 g/mol. The van der Waals surface area contributed by atoms with Gasteiger partial charge in [0.15, 0.2) is 5.82 Å². The van der Waals surface area contributed by atoms with Gasteiger partial charge in [0.25, 0.3) is 0 Å². The Morgan fingerprint density at radius 2 is 1.92 bits per heavy atom. The van der Waals surface area contributed by atoms with E-state index < -0.39 is 0 Å². The Morgan fingerprint density at radius 3 is 2.69 bits per heavy atom. The van der Waals surface area contributed by atoms with Crippen molar-refractivity contribution in [2.24, 2.45) is 0 Å². The molecule has 4 rings (SSSR count). The van der Waals surface area contributed by atoms with Crippen molar-refractivity contribution in [1.29, 1.82) is 0 Å². The van der Waals surface area contributed by atoms with Crippen molar-refractivity contribution in [1.82, 2.24) is 15.1 Å². The van der Waals surface area contributed by atoms with Crippen LogP contribution in [-0.4, -0.2) is 41.3 Å². The Kier molecular flexibility index (Phi) is 4.47. The molecule has 26 heavy (non-hydrogen) atoms. The second-order valence-corrected chi connectivity index (χ2v) is 7.28. The van der Waals surface area contributed by atoms with Crippen LogP contribution >= 0.6 is 0 Å². The summed E-state index contributed by atoms with van der Waals surface area (Å²) in [7, 11) is 2.17. The number of hydrogen-bond donors (Lipinski definition) is 2. The van der Waals surface area contributed by atoms with Crippen molar-refractivity contribution in [2.75, 3.05) is 31.2 Å². The fraction of sp³-hybridized carbons (Fsp3) is 0.333. The molecule has 2 heterocycles. The second kappa shape index (κ2) is 6.92. The fourth-order valence-corrected chi connectivity index (χ4v) is 3.78. The van der Waals surface area contributed by atoms with E-state index in [9.17, 15) is 0 Å². The minimum atomic E-state index is 0.404.